The van der Waals surface area contributed by atoms with Crippen LogP contribution >= 0.6 is 0 Å². The molecule has 2 aromatic rings. The Morgan fingerprint density at radius 1 is 1.03 bits per heavy atom. The summed E-state index contributed by atoms with van der Waals surface area (Å²) < 4.78 is 19.0. The lowest BCUT2D eigenvalue weighted by Gasteiger charge is -2.30. The second-order valence-corrected chi connectivity index (χ2v) is 9.19. The average molecular weight is 443 g/mol. The van der Waals surface area contributed by atoms with Gasteiger partial charge in [0.25, 0.3) is 0 Å². The highest BCUT2D eigenvalue weighted by molar-refractivity contribution is 5.85. The molecule has 1 heterocycles. The minimum atomic E-state index is -0.313. The number of hydrogen-bond acceptors (Lipinski definition) is 3. The minimum Gasteiger partial charge on any atom is -0.464 e. The fourth-order valence-electron chi connectivity index (χ4n) is 4.38. The van der Waals surface area contributed by atoms with Crippen molar-refractivity contribution >= 4 is 11.8 Å². The first-order valence-electron chi connectivity index (χ1n) is 11.7. The van der Waals surface area contributed by atoms with E-state index in [1.54, 1.807) is 21.9 Å². The molecule has 0 bridgehead atoms. The molecular weight excluding hydrogens is 407 g/mol. The van der Waals surface area contributed by atoms with E-state index in [0.717, 1.165) is 17.7 Å². The van der Waals surface area contributed by atoms with Crippen LogP contribution in [0.5, 0.6) is 0 Å². The maximum Gasteiger partial charge on any atom is 0.242 e. The minimum absolute atomic E-state index is 0.0298. The summed E-state index contributed by atoms with van der Waals surface area (Å²) in [4.78, 5) is 29.6. The van der Waals surface area contributed by atoms with E-state index in [9.17, 15) is 14.0 Å². The summed E-state index contributed by atoms with van der Waals surface area (Å²) in [5, 5.41) is 0. The third-order valence-corrected chi connectivity index (χ3v) is 6.27. The Morgan fingerprint density at radius 3 is 2.31 bits per heavy atom. The number of amides is 2. The molecule has 0 unspecified atom stereocenters. The lowest BCUT2D eigenvalue weighted by atomic mass is 10.0. The molecule has 1 fully saturated rings. The Kier molecular flexibility index (Phi) is 8.48. The lowest BCUT2D eigenvalue weighted by Crippen LogP contribution is -2.45. The van der Waals surface area contributed by atoms with E-state index in [0.29, 0.717) is 31.2 Å². The smallest absolute Gasteiger partial charge is 0.242 e. The van der Waals surface area contributed by atoms with Crippen molar-refractivity contribution in [2.24, 2.45) is 5.92 Å². The van der Waals surface area contributed by atoms with Crippen molar-refractivity contribution in [3.63, 3.8) is 0 Å². The van der Waals surface area contributed by atoms with E-state index < -0.39 is 0 Å². The van der Waals surface area contributed by atoms with Gasteiger partial charge in [0.05, 0.1) is 13.1 Å². The second kappa shape index (κ2) is 11.3. The predicted molar refractivity (Wildman–Crippen MR) is 122 cm³/mol. The van der Waals surface area contributed by atoms with Crippen LogP contribution in [0.2, 0.25) is 0 Å². The molecule has 6 heteroatoms. The normalized spacial score (nSPS) is 14.2. The molecule has 1 aromatic heterocycles. The van der Waals surface area contributed by atoms with Crippen molar-refractivity contribution in [1.82, 2.24) is 9.80 Å². The first-order chi connectivity index (χ1) is 15.3. The van der Waals surface area contributed by atoms with Crippen LogP contribution in [0.3, 0.4) is 0 Å². The van der Waals surface area contributed by atoms with Gasteiger partial charge in [-0.15, -0.1) is 0 Å². The molecule has 0 aliphatic heterocycles. The highest BCUT2D eigenvalue weighted by atomic mass is 19.1. The molecule has 1 aliphatic carbocycles. The Hall–Kier alpha value is -2.63. The van der Waals surface area contributed by atoms with Gasteiger partial charge in [0, 0.05) is 19.0 Å². The average Bonchev–Trinajstić information content (AvgIpc) is 3.42. The zero-order chi connectivity index (χ0) is 23.1. The van der Waals surface area contributed by atoms with E-state index >= 15 is 0 Å². The van der Waals surface area contributed by atoms with Gasteiger partial charge in [-0.2, -0.15) is 0 Å². The van der Waals surface area contributed by atoms with Crippen LogP contribution in [0.25, 0.3) is 0 Å². The summed E-state index contributed by atoms with van der Waals surface area (Å²) >= 11 is 0. The monoisotopic (exact) mass is 442 g/mol. The van der Waals surface area contributed by atoms with Gasteiger partial charge in [-0.3, -0.25) is 9.59 Å². The van der Waals surface area contributed by atoms with Gasteiger partial charge in [0.15, 0.2) is 0 Å². The third-order valence-electron chi connectivity index (χ3n) is 6.27. The highest BCUT2D eigenvalue weighted by Crippen LogP contribution is 2.29. The summed E-state index contributed by atoms with van der Waals surface area (Å²) in [7, 11) is 0. The molecule has 1 aromatic carbocycles. The van der Waals surface area contributed by atoms with E-state index in [2.05, 4.69) is 0 Å². The van der Waals surface area contributed by atoms with E-state index in [1.807, 2.05) is 32.9 Å². The Morgan fingerprint density at radius 2 is 1.72 bits per heavy atom. The first kappa shape index (κ1) is 24.0. The molecule has 3 rings (SSSR count). The van der Waals surface area contributed by atoms with Crippen molar-refractivity contribution in [3.8, 4) is 0 Å². The van der Waals surface area contributed by atoms with E-state index in [4.69, 9.17) is 4.42 Å². The molecule has 0 N–H and O–H groups in total. The number of carbonyl (C=O) groups is 2. The summed E-state index contributed by atoms with van der Waals surface area (Å²) in [6.45, 7) is 6.40. The number of benzene rings is 1. The summed E-state index contributed by atoms with van der Waals surface area (Å²) in [5.41, 5.74) is 0.826. The summed E-state index contributed by atoms with van der Waals surface area (Å²) in [6.07, 6.45) is 6.34. The summed E-state index contributed by atoms with van der Waals surface area (Å²) in [5.74, 6) is 1.68. The molecule has 174 valence electrons. The molecule has 5 nitrogen and oxygen atoms in total. The van der Waals surface area contributed by atoms with Crippen LogP contribution in [0.15, 0.2) is 40.8 Å². The molecule has 0 saturated heterocycles. The van der Waals surface area contributed by atoms with Gasteiger partial charge < -0.3 is 14.2 Å². The van der Waals surface area contributed by atoms with Crippen molar-refractivity contribution in [1.29, 1.82) is 0 Å². The van der Waals surface area contributed by atoms with Crippen molar-refractivity contribution in [2.45, 2.75) is 78.4 Å². The van der Waals surface area contributed by atoms with Crippen LogP contribution in [0.4, 0.5) is 4.39 Å². The predicted octanol–water partition coefficient (Wildman–Crippen LogP) is 5.46. The standard InChI is InChI=1S/C26H35FN2O3/c1-19(2)29(25(30)15-11-21-6-4-5-7-21)18-26(31)28(17-24-14-8-20(3)32-24)16-22-9-12-23(27)13-10-22/h8-10,12-14,19,21H,4-7,11,15-18H2,1-3H3. The molecule has 32 heavy (non-hydrogen) atoms. The molecule has 0 spiro atoms. The van der Waals surface area contributed by atoms with Gasteiger partial charge in [-0.1, -0.05) is 37.8 Å². The van der Waals surface area contributed by atoms with Crippen LogP contribution in [-0.2, 0) is 22.7 Å². The highest BCUT2D eigenvalue weighted by Gasteiger charge is 2.25. The molecule has 1 aliphatic rings. The van der Waals surface area contributed by atoms with Gasteiger partial charge >= 0.3 is 0 Å². The van der Waals surface area contributed by atoms with Gasteiger partial charge in [0.2, 0.25) is 11.8 Å². The second-order valence-electron chi connectivity index (χ2n) is 9.19. The number of carbonyl (C=O) groups excluding carboxylic acids is 2. The summed E-state index contributed by atoms with van der Waals surface area (Å²) in [6, 6.07) is 9.79. The maximum atomic E-state index is 13.3. The van der Waals surface area contributed by atoms with Crippen molar-refractivity contribution in [3.05, 3.63) is 59.3 Å². The molecular formula is C26H35FN2O3. The molecule has 0 radical (unpaired) electrons. The number of furan rings is 1. The number of nitrogens with zero attached hydrogens (tertiary/aromatic N) is 2. The Balaban J connectivity index is 1.68. The Bertz CT molecular complexity index is 885. The SMILES string of the molecule is Cc1ccc(CN(Cc2ccc(F)cc2)C(=O)CN(C(=O)CCC2CCCC2)C(C)C)o1. The first-order valence-corrected chi connectivity index (χ1v) is 11.7. The fourth-order valence-corrected chi connectivity index (χ4v) is 4.38. The van der Waals surface area contributed by atoms with Crippen LogP contribution in [0.1, 0.15) is 69.5 Å². The molecule has 0 atom stereocenters. The van der Waals surface area contributed by atoms with E-state index in [1.165, 1.54) is 37.8 Å². The number of aryl methyl sites for hydroxylation is 1. The number of halogens is 1. The van der Waals surface area contributed by atoms with E-state index in [-0.39, 0.29) is 30.2 Å². The van der Waals surface area contributed by atoms with Gasteiger partial charge in [-0.25, -0.2) is 4.39 Å². The number of hydrogen-bond donors (Lipinski definition) is 0. The van der Waals surface area contributed by atoms with Crippen LogP contribution in [0, 0.1) is 18.7 Å². The number of rotatable bonds is 10. The van der Waals surface area contributed by atoms with Crippen molar-refractivity contribution in [2.75, 3.05) is 6.54 Å². The molecule has 2 amide bonds. The Labute approximate surface area is 190 Å². The maximum absolute atomic E-state index is 13.3. The van der Waals surface area contributed by atoms with Gasteiger partial charge in [0.1, 0.15) is 17.3 Å². The lowest BCUT2D eigenvalue weighted by molar-refractivity contribution is -0.143. The third kappa shape index (κ3) is 6.94. The van der Waals surface area contributed by atoms with Crippen LogP contribution < -0.4 is 0 Å². The van der Waals surface area contributed by atoms with Gasteiger partial charge in [-0.05, 0) is 62.9 Å². The fraction of sp³-hybridized carbons (Fsp3) is 0.538. The van der Waals surface area contributed by atoms with Crippen LogP contribution in [-0.4, -0.2) is 34.2 Å². The molecule has 1 saturated carbocycles. The van der Waals surface area contributed by atoms with Crippen molar-refractivity contribution < 1.29 is 18.4 Å². The zero-order valence-electron chi connectivity index (χ0n) is 19.5. The zero-order valence-corrected chi connectivity index (χ0v) is 19.5. The largest absolute Gasteiger partial charge is 0.464 e. The topological polar surface area (TPSA) is 53.8 Å². The quantitative estimate of drug-likeness (QED) is 0.491.